The van der Waals surface area contributed by atoms with Gasteiger partial charge in [-0.2, -0.15) is 0 Å². The number of halogens is 3. The van der Waals surface area contributed by atoms with Crippen molar-refractivity contribution < 1.29 is 8.78 Å². The normalized spacial score (nSPS) is 11.4. The largest absolute Gasteiger partial charge is 0.319 e. The van der Waals surface area contributed by atoms with Crippen LogP contribution in [0.15, 0.2) is 24.3 Å². The Morgan fingerprint density at radius 3 is 2.70 bits per heavy atom. The third-order valence-electron chi connectivity index (χ3n) is 3.11. The summed E-state index contributed by atoms with van der Waals surface area (Å²) < 4.78 is 29.1. The van der Waals surface area contributed by atoms with Crippen molar-refractivity contribution in [2.75, 3.05) is 0 Å². The second kappa shape index (κ2) is 5.14. The van der Waals surface area contributed by atoms with Crippen molar-refractivity contribution in [3.05, 3.63) is 51.5 Å². The number of hydrogen-bond donors (Lipinski definition) is 0. The van der Waals surface area contributed by atoms with E-state index in [1.807, 2.05) is 19.1 Å². The maximum absolute atomic E-state index is 14.0. The number of alkyl halides is 1. The van der Waals surface area contributed by atoms with Gasteiger partial charge in [0, 0.05) is 9.75 Å². The molecular weight excluding hydrogens is 302 g/mol. The van der Waals surface area contributed by atoms with Crippen molar-refractivity contribution in [3.8, 4) is 0 Å². The minimum absolute atomic E-state index is 0.153. The Balaban J connectivity index is 2.19. The summed E-state index contributed by atoms with van der Waals surface area (Å²) in [6, 6.07) is 6.53. The van der Waals surface area contributed by atoms with E-state index in [9.17, 15) is 8.78 Å². The molecule has 6 heteroatoms. The molecular formula is C14H11ClF2N2S. The van der Waals surface area contributed by atoms with Crippen LogP contribution in [0.25, 0.3) is 11.0 Å². The summed E-state index contributed by atoms with van der Waals surface area (Å²) in [7, 11) is 0. The van der Waals surface area contributed by atoms with Gasteiger partial charge in [0.1, 0.15) is 11.3 Å². The first-order chi connectivity index (χ1) is 9.60. The minimum Gasteiger partial charge on any atom is -0.319 e. The summed E-state index contributed by atoms with van der Waals surface area (Å²) in [5.41, 5.74) is 0.597. The Bertz CT molecular complexity index is 779. The molecule has 0 fully saturated rings. The molecule has 0 aliphatic heterocycles. The van der Waals surface area contributed by atoms with Crippen LogP contribution in [0, 0.1) is 18.6 Å². The van der Waals surface area contributed by atoms with Gasteiger partial charge in [0.15, 0.2) is 11.6 Å². The Kier molecular flexibility index (Phi) is 3.48. The van der Waals surface area contributed by atoms with Gasteiger partial charge in [-0.15, -0.1) is 22.9 Å². The molecule has 1 aromatic carbocycles. The first kappa shape index (κ1) is 13.5. The molecule has 0 radical (unpaired) electrons. The number of aromatic nitrogens is 2. The molecule has 3 rings (SSSR count). The highest BCUT2D eigenvalue weighted by Gasteiger charge is 2.17. The molecule has 0 saturated heterocycles. The summed E-state index contributed by atoms with van der Waals surface area (Å²) >= 11 is 7.49. The lowest BCUT2D eigenvalue weighted by atomic mass is 10.3. The van der Waals surface area contributed by atoms with Gasteiger partial charge in [0.05, 0.1) is 17.9 Å². The summed E-state index contributed by atoms with van der Waals surface area (Å²) in [6.45, 7) is 2.44. The van der Waals surface area contributed by atoms with Crippen molar-refractivity contribution in [2.24, 2.45) is 0 Å². The van der Waals surface area contributed by atoms with Crippen LogP contribution in [-0.4, -0.2) is 9.55 Å². The molecule has 104 valence electrons. The first-order valence-corrected chi connectivity index (χ1v) is 7.39. The maximum Gasteiger partial charge on any atom is 0.184 e. The number of aryl methyl sites for hydroxylation is 1. The van der Waals surface area contributed by atoms with E-state index in [1.54, 1.807) is 15.9 Å². The van der Waals surface area contributed by atoms with Crippen LogP contribution < -0.4 is 0 Å². The molecule has 0 aliphatic rings. The predicted octanol–water partition coefficient (Wildman–Crippen LogP) is 4.47. The minimum atomic E-state index is -0.875. The van der Waals surface area contributed by atoms with Gasteiger partial charge in [0.25, 0.3) is 0 Å². The van der Waals surface area contributed by atoms with Gasteiger partial charge in [-0.3, -0.25) is 0 Å². The molecule has 0 aliphatic carbocycles. The van der Waals surface area contributed by atoms with Crippen LogP contribution in [-0.2, 0) is 12.4 Å². The average molecular weight is 313 g/mol. The standard InChI is InChI=1S/C14H11ClF2N2S/c1-8-2-3-9(20-8)7-19-12(6-15)18-11-5-4-10(16)13(17)14(11)19/h2-5H,6-7H2,1H3. The number of rotatable bonds is 3. The van der Waals surface area contributed by atoms with Crippen molar-refractivity contribution in [1.29, 1.82) is 0 Å². The van der Waals surface area contributed by atoms with E-state index >= 15 is 0 Å². The number of fused-ring (bicyclic) bond motifs is 1. The van der Waals surface area contributed by atoms with Crippen LogP contribution in [0.1, 0.15) is 15.6 Å². The van der Waals surface area contributed by atoms with Crippen LogP contribution in [0.2, 0.25) is 0 Å². The van der Waals surface area contributed by atoms with E-state index in [1.165, 1.54) is 10.9 Å². The Hall–Kier alpha value is -1.46. The summed E-state index contributed by atoms with van der Waals surface area (Å²) in [5.74, 6) is -1.06. The second-order valence-corrected chi connectivity index (χ2v) is 6.13. The SMILES string of the molecule is Cc1ccc(Cn2c(CCl)nc3ccc(F)c(F)c32)s1. The highest BCUT2D eigenvalue weighted by molar-refractivity contribution is 7.11. The maximum atomic E-state index is 14.0. The molecule has 3 aromatic rings. The Labute approximate surface area is 123 Å². The third-order valence-corrected chi connectivity index (χ3v) is 4.33. The van der Waals surface area contributed by atoms with E-state index < -0.39 is 11.6 Å². The molecule has 2 nitrogen and oxygen atoms in total. The fourth-order valence-electron chi connectivity index (χ4n) is 2.20. The average Bonchev–Trinajstić information content (AvgIpc) is 2.99. The van der Waals surface area contributed by atoms with Crippen molar-refractivity contribution in [3.63, 3.8) is 0 Å². The van der Waals surface area contributed by atoms with Gasteiger partial charge < -0.3 is 4.57 Å². The highest BCUT2D eigenvalue weighted by Crippen LogP contribution is 2.25. The van der Waals surface area contributed by atoms with Gasteiger partial charge in [-0.05, 0) is 31.2 Å². The van der Waals surface area contributed by atoms with Crippen LogP contribution in [0.3, 0.4) is 0 Å². The molecule has 0 spiro atoms. The number of benzene rings is 1. The number of thiophene rings is 1. The summed E-state index contributed by atoms with van der Waals surface area (Å²) in [5, 5.41) is 0. The summed E-state index contributed by atoms with van der Waals surface area (Å²) in [6.07, 6.45) is 0. The number of hydrogen-bond acceptors (Lipinski definition) is 2. The van der Waals surface area contributed by atoms with Gasteiger partial charge >= 0.3 is 0 Å². The number of nitrogens with zero attached hydrogens (tertiary/aromatic N) is 2. The zero-order chi connectivity index (χ0) is 14.3. The van der Waals surface area contributed by atoms with Gasteiger partial charge in [-0.1, -0.05) is 0 Å². The highest BCUT2D eigenvalue weighted by atomic mass is 35.5. The smallest absolute Gasteiger partial charge is 0.184 e. The molecule has 0 unspecified atom stereocenters. The Morgan fingerprint density at radius 1 is 1.25 bits per heavy atom. The van der Waals surface area contributed by atoms with Crippen LogP contribution >= 0.6 is 22.9 Å². The topological polar surface area (TPSA) is 17.8 Å². The van der Waals surface area contributed by atoms with Gasteiger partial charge in [0.2, 0.25) is 0 Å². The van der Waals surface area contributed by atoms with E-state index in [2.05, 4.69) is 4.98 Å². The molecule has 0 atom stereocenters. The van der Waals surface area contributed by atoms with Crippen LogP contribution in [0.4, 0.5) is 8.78 Å². The van der Waals surface area contributed by atoms with E-state index in [0.29, 0.717) is 17.9 Å². The fourth-order valence-corrected chi connectivity index (χ4v) is 3.29. The Morgan fingerprint density at radius 2 is 2.05 bits per heavy atom. The molecule has 0 N–H and O–H groups in total. The molecule has 0 amide bonds. The zero-order valence-electron chi connectivity index (χ0n) is 10.7. The molecule has 0 saturated carbocycles. The van der Waals surface area contributed by atoms with Crippen molar-refractivity contribution >= 4 is 34.0 Å². The lowest BCUT2D eigenvalue weighted by Crippen LogP contribution is -2.04. The lowest BCUT2D eigenvalue weighted by Gasteiger charge is -2.06. The second-order valence-electron chi connectivity index (χ2n) is 4.49. The summed E-state index contributed by atoms with van der Waals surface area (Å²) in [4.78, 5) is 6.49. The quantitative estimate of drug-likeness (QED) is 0.652. The van der Waals surface area contributed by atoms with Crippen molar-refractivity contribution in [1.82, 2.24) is 9.55 Å². The van der Waals surface area contributed by atoms with Gasteiger partial charge in [-0.25, -0.2) is 13.8 Å². The lowest BCUT2D eigenvalue weighted by molar-refractivity contribution is 0.512. The van der Waals surface area contributed by atoms with E-state index in [4.69, 9.17) is 11.6 Å². The molecule has 2 heterocycles. The monoisotopic (exact) mass is 312 g/mol. The van der Waals surface area contributed by atoms with E-state index in [-0.39, 0.29) is 11.4 Å². The molecule has 0 bridgehead atoms. The zero-order valence-corrected chi connectivity index (χ0v) is 12.2. The van der Waals surface area contributed by atoms with Crippen LogP contribution in [0.5, 0.6) is 0 Å². The predicted molar refractivity (Wildman–Crippen MR) is 77.4 cm³/mol. The molecule has 2 aromatic heterocycles. The van der Waals surface area contributed by atoms with E-state index in [0.717, 1.165) is 10.9 Å². The van der Waals surface area contributed by atoms with Crippen molar-refractivity contribution in [2.45, 2.75) is 19.3 Å². The first-order valence-electron chi connectivity index (χ1n) is 6.04. The fraction of sp³-hybridized carbons (Fsp3) is 0.214. The molecule has 20 heavy (non-hydrogen) atoms. The third kappa shape index (κ3) is 2.21. The number of imidazole rings is 1.